The van der Waals surface area contributed by atoms with E-state index >= 15 is 0 Å². The average molecular weight is 245 g/mol. The molecule has 0 radical (unpaired) electrons. The van der Waals surface area contributed by atoms with Crippen molar-refractivity contribution in [3.63, 3.8) is 0 Å². The van der Waals surface area contributed by atoms with Crippen molar-refractivity contribution in [2.24, 2.45) is 0 Å². The molecule has 1 fully saturated rings. The molecule has 1 saturated carbocycles. The molecule has 1 aliphatic carbocycles. The standard InChI is InChI=1S/C16H20FN/c1-2-3-4-7-10-18-14-11-13(12-14)15-8-5-6-9-16(15)17/h1,5-6,8-9,13-14,18H,3-4,7,10-12H2. The second kappa shape index (κ2) is 6.56. The van der Waals surface area contributed by atoms with Crippen LogP contribution < -0.4 is 5.32 Å². The molecule has 0 spiro atoms. The molecule has 2 rings (SSSR count). The van der Waals surface area contributed by atoms with Crippen molar-refractivity contribution in [2.75, 3.05) is 6.54 Å². The van der Waals surface area contributed by atoms with E-state index in [0.717, 1.165) is 44.2 Å². The lowest BCUT2D eigenvalue weighted by Crippen LogP contribution is -2.40. The van der Waals surface area contributed by atoms with Gasteiger partial charge in [0.15, 0.2) is 0 Å². The van der Waals surface area contributed by atoms with Crippen LogP contribution in [-0.2, 0) is 0 Å². The summed E-state index contributed by atoms with van der Waals surface area (Å²) in [6.07, 6.45) is 10.4. The highest BCUT2D eigenvalue weighted by molar-refractivity contribution is 5.24. The van der Waals surface area contributed by atoms with Crippen LogP contribution in [0.4, 0.5) is 4.39 Å². The third-order valence-corrected chi connectivity index (χ3v) is 3.66. The molecular formula is C16H20FN. The van der Waals surface area contributed by atoms with Gasteiger partial charge in [0.1, 0.15) is 5.82 Å². The molecule has 1 nitrogen and oxygen atoms in total. The lowest BCUT2D eigenvalue weighted by atomic mass is 9.75. The van der Waals surface area contributed by atoms with E-state index in [2.05, 4.69) is 11.2 Å². The van der Waals surface area contributed by atoms with Crippen LogP contribution in [-0.4, -0.2) is 12.6 Å². The minimum atomic E-state index is -0.0602. The van der Waals surface area contributed by atoms with Gasteiger partial charge < -0.3 is 5.32 Å². The Morgan fingerprint density at radius 2 is 2.06 bits per heavy atom. The van der Waals surface area contributed by atoms with Gasteiger partial charge in [0.05, 0.1) is 0 Å². The predicted octanol–water partition coefficient (Wildman–Crippen LogP) is 3.46. The molecule has 0 aromatic heterocycles. The zero-order chi connectivity index (χ0) is 12.8. The van der Waals surface area contributed by atoms with Gasteiger partial charge in [-0.2, -0.15) is 0 Å². The fourth-order valence-electron chi connectivity index (χ4n) is 2.50. The number of benzene rings is 1. The monoisotopic (exact) mass is 245 g/mol. The van der Waals surface area contributed by atoms with Crippen molar-refractivity contribution in [3.05, 3.63) is 35.6 Å². The van der Waals surface area contributed by atoms with Gasteiger partial charge >= 0.3 is 0 Å². The van der Waals surface area contributed by atoms with Gasteiger partial charge in [-0.05, 0) is 49.8 Å². The molecule has 0 saturated heterocycles. The Balaban J connectivity index is 1.65. The van der Waals surface area contributed by atoms with Crippen molar-refractivity contribution < 1.29 is 4.39 Å². The summed E-state index contributed by atoms with van der Waals surface area (Å²) in [6.45, 7) is 1.02. The van der Waals surface area contributed by atoms with Gasteiger partial charge in [-0.25, -0.2) is 4.39 Å². The van der Waals surface area contributed by atoms with Gasteiger partial charge in [0, 0.05) is 12.5 Å². The minimum Gasteiger partial charge on any atom is -0.314 e. The van der Waals surface area contributed by atoms with Gasteiger partial charge in [-0.1, -0.05) is 18.2 Å². The summed E-state index contributed by atoms with van der Waals surface area (Å²) in [4.78, 5) is 0. The maximum atomic E-state index is 13.5. The normalized spacial score (nSPS) is 22.2. The van der Waals surface area contributed by atoms with Gasteiger partial charge in [0.25, 0.3) is 0 Å². The maximum absolute atomic E-state index is 13.5. The summed E-state index contributed by atoms with van der Waals surface area (Å²) in [5.74, 6) is 2.99. The van der Waals surface area contributed by atoms with E-state index in [1.165, 1.54) is 0 Å². The first-order valence-electron chi connectivity index (χ1n) is 6.72. The van der Waals surface area contributed by atoms with Crippen molar-refractivity contribution in [1.82, 2.24) is 5.32 Å². The first-order chi connectivity index (χ1) is 8.81. The highest BCUT2D eigenvalue weighted by Crippen LogP contribution is 2.37. The minimum absolute atomic E-state index is 0.0602. The Hall–Kier alpha value is -1.33. The summed E-state index contributed by atoms with van der Waals surface area (Å²) in [5.41, 5.74) is 0.878. The molecule has 1 aromatic carbocycles. The fraction of sp³-hybridized carbons (Fsp3) is 0.500. The topological polar surface area (TPSA) is 12.0 Å². The van der Waals surface area contributed by atoms with Crippen molar-refractivity contribution in [1.29, 1.82) is 0 Å². The molecular weight excluding hydrogens is 225 g/mol. The maximum Gasteiger partial charge on any atom is 0.126 e. The smallest absolute Gasteiger partial charge is 0.126 e. The Bertz CT molecular complexity index is 415. The van der Waals surface area contributed by atoms with Crippen LogP contribution in [0.2, 0.25) is 0 Å². The second-order valence-corrected chi connectivity index (χ2v) is 5.00. The Kier molecular flexibility index (Phi) is 4.78. The molecule has 1 aromatic rings. The van der Waals surface area contributed by atoms with E-state index in [0.29, 0.717) is 12.0 Å². The molecule has 1 N–H and O–H groups in total. The molecule has 0 aliphatic heterocycles. The predicted molar refractivity (Wildman–Crippen MR) is 72.8 cm³/mol. The number of hydrogen-bond acceptors (Lipinski definition) is 1. The molecule has 0 bridgehead atoms. The van der Waals surface area contributed by atoms with Crippen molar-refractivity contribution in [3.8, 4) is 12.3 Å². The quantitative estimate of drug-likeness (QED) is 0.598. The SMILES string of the molecule is C#CCCCCNC1CC(c2ccccc2F)C1. The van der Waals surface area contributed by atoms with Crippen LogP contribution in [0.15, 0.2) is 24.3 Å². The highest BCUT2D eigenvalue weighted by atomic mass is 19.1. The molecule has 0 atom stereocenters. The van der Waals surface area contributed by atoms with Crippen LogP contribution in [0.1, 0.15) is 43.6 Å². The lowest BCUT2D eigenvalue weighted by Gasteiger charge is -2.36. The van der Waals surface area contributed by atoms with E-state index in [1.54, 1.807) is 12.1 Å². The zero-order valence-electron chi connectivity index (χ0n) is 10.7. The molecule has 1 aliphatic rings. The van der Waals surface area contributed by atoms with Crippen molar-refractivity contribution in [2.45, 2.75) is 44.1 Å². The van der Waals surface area contributed by atoms with E-state index in [9.17, 15) is 4.39 Å². The molecule has 0 unspecified atom stereocenters. The van der Waals surface area contributed by atoms with Crippen molar-refractivity contribution >= 4 is 0 Å². The van der Waals surface area contributed by atoms with Gasteiger partial charge in [-0.3, -0.25) is 0 Å². The lowest BCUT2D eigenvalue weighted by molar-refractivity contribution is 0.284. The molecule has 18 heavy (non-hydrogen) atoms. The van der Waals surface area contributed by atoms with Gasteiger partial charge in [0.2, 0.25) is 0 Å². The fourth-order valence-corrected chi connectivity index (χ4v) is 2.50. The van der Waals surface area contributed by atoms with E-state index in [4.69, 9.17) is 6.42 Å². The third-order valence-electron chi connectivity index (χ3n) is 3.66. The van der Waals surface area contributed by atoms with Gasteiger partial charge in [-0.15, -0.1) is 12.3 Å². The summed E-state index contributed by atoms with van der Waals surface area (Å²) in [6, 6.07) is 7.68. The molecule has 2 heteroatoms. The summed E-state index contributed by atoms with van der Waals surface area (Å²) in [5, 5.41) is 3.51. The molecule has 0 amide bonds. The Labute approximate surface area is 109 Å². The average Bonchev–Trinajstić information content (AvgIpc) is 2.33. The zero-order valence-corrected chi connectivity index (χ0v) is 10.7. The highest BCUT2D eigenvalue weighted by Gasteiger charge is 2.31. The number of unbranched alkanes of at least 4 members (excludes halogenated alkanes) is 2. The Morgan fingerprint density at radius 3 is 2.78 bits per heavy atom. The Morgan fingerprint density at radius 1 is 1.28 bits per heavy atom. The largest absolute Gasteiger partial charge is 0.314 e. The van der Waals surface area contributed by atoms with Crippen LogP contribution >= 0.6 is 0 Å². The third kappa shape index (κ3) is 3.34. The number of terminal acetylenes is 1. The summed E-state index contributed by atoms with van der Waals surface area (Å²) in [7, 11) is 0. The van der Waals surface area contributed by atoms with E-state index in [-0.39, 0.29) is 5.82 Å². The van der Waals surface area contributed by atoms with E-state index in [1.807, 2.05) is 12.1 Å². The van der Waals surface area contributed by atoms with Crippen LogP contribution in [0.25, 0.3) is 0 Å². The first-order valence-corrected chi connectivity index (χ1v) is 6.72. The van der Waals surface area contributed by atoms with Crippen LogP contribution in [0, 0.1) is 18.2 Å². The number of halogens is 1. The molecule has 0 heterocycles. The molecule has 96 valence electrons. The first kappa shape index (κ1) is 13.1. The second-order valence-electron chi connectivity index (χ2n) is 5.00. The van der Waals surface area contributed by atoms with Crippen LogP contribution in [0.3, 0.4) is 0 Å². The number of rotatable bonds is 6. The van der Waals surface area contributed by atoms with E-state index < -0.39 is 0 Å². The van der Waals surface area contributed by atoms with Crippen LogP contribution in [0.5, 0.6) is 0 Å². The summed E-state index contributed by atoms with van der Waals surface area (Å²) >= 11 is 0. The number of nitrogens with one attached hydrogen (secondary N) is 1. The number of hydrogen-bond donors (Lipinski definition) is 1. The summed E-state index contributed by atoms with van der Waals surface area (Å²) < 4.78 is 13.5.